The molecular weight excluding hydrogens is 376 g/mol. The number of nitro groups is 1. The fraction of sp³-hybridized carbons (Fsp3) is 0.400. The van der Waals surface area contributed by atoms with Gasteiger partial charge in [0.05, 0.1) is 18.9 Å². The Hall–Kier alpha value is -3.20. The molecule has 0 aliphatic carbocycles. The lowest BCUT2D eigenvalue weighted by molar-refractivity contribution is -0.402. The van der Waals surface area contributed by atoms with Crippen LogP contribution in [-0.4, -0.2) is 48.2 Å². The SMILES string of the molecule is O=C(N/N=C/c1ccc([N+](=O)[O-])o1)c1ccc(OCCCN2CCCCC2)cc1. The van der Waals surface area contributed by atoms with Crippen molar-refractivity contribution in [1.82, 2.24) is 10.3 Å². The molecule has 1 amide bonds. The van der Waals surface area contributed by atoms with Crippen LogP contribution in [0.3, 0.4) is 0 Å². The highest BCUT2D eigenvalue weighted by Gasteiger charge is 2.11. The normalized spacial score (nSPS) is 14.8. The number of furan rings is 1. The minimum absolute atomic E-state index is 0.172. The van der Waals surface area contributed by atoms with Crippen molar-refractivity contribution in [2.75, 3.05) is 26.2 Å². The number of rotatable bonds is 9. The van der Waals surface area contributed by atoms with Crippen LogP contribution in [0.15, 0.2) is 45.9 Å². The standard InChI is InChI=1S/C20H24N4O5/c25-20(22-21-15-18-9-10-19(29-18)24(26)27)16-5-7-17(8-6-16)28-14-4-13-23-11-2-1-3-12-23/h5-10,15H,1-4,11-14H2,(H,22,25)/b21-15+. The molecule has 1 fully saturated rings. The number of likely N-dealkylation sites (tertiary alicyclic amines) is 1. The van der Waals surface area contributed by atoms with E-state index < -0.39 is 10.8 Å². The van der Waals surface area contributed by atoms with Crippen molar-refractivity contribution < 1.29 is 18.9 Å². The minimum Gasteiger partial charge on any atom is -0.494 e. The van der Waals surface area contributed by atoms with Crippen LogP contribution in [0.1, 0.15) is 41.8 Å². The largest absolute Gasteiger partial charge is 0.494 e. The molecule has 0 unspecified atom stereocenters. The first-order valence-electron chi connectivity index (χ1n) is 9.65. The molecule has 1 aliphatic rings. The Labute approximate surface area is 168 Å². The van der Waals surface area contributed by atoms with Crippen LogP contribution in [0, 0.1) is 10.1 Å². The summed E-state index contributed by atoms with van der Waals surface area (Å²) in [5.74, 6) is 0.0974. The lowest BCUT2D eigenvalue weighted by Crippen LogP contribution is -2.31. The molecule has 9 nitrogen and oxygen atoms in total. The van der Waals surface area contributed by atoms with Gasteiger partial charge in [0, 0.05) is 12.1 Å². The van der Waals surface area contributed by atoms with Crippen LogP contribution in [0.2, 0.25) is 0 Å². The second-order valence-corrected chi connectivity index (χ2v) is 6.76. The molecule has 2 heterocycles. The fourth-order valence-electron chi connectivity index (χ4n) is 3.09. The zero-order valence-corrected chi connectivity index (χ0v) is 16.1. The van der Waals surface area contributed by atoms with Gasteiger partial charge in [0.2, 0.25) is 0 Å². The summed E-state index contributed by atoms with van der Waals surface area (Å²) in [4.78, 5) is 24.5. The molecule has 1 N–H and O–H groups in total. The van der Waals surface area contributed by atoms with Crippen molar-refractivity contribution in [3.8, 4) is 5.75 Å². The molecule has 1 aliphatic heterocycles. The maximum Gasteiger partial charge on any atom is 0.433 e. The third kappa shape index (κ3) is 6.42. The van der Waals surface area contributed by atoms with Crippen LogP contribution in [-0.2, 0) is 0 Å². The first-order valence-corrected chi connectivity index (χ1v) is 9.65. The van der Waals surface area contributed by atoms with Gasteiger partial charge in [-0.2, -0.15) is 5.10 Å². The molecule has 0 bridgehead atoms. The maximum absolute atomic E-state index is 12.1. The second-order valence-electron chi connectivity index (χ2n) is 6.76. The lowest BCUT2D eigenvalue weighted by atomic mass is 10.1. The van der Waals surface area contributed by atoms with Gasteiger partial charge < -0.3 is 14.1 Å². The number of carbonyl (C=O) groups excluding carboxylic acids is 1. The smallest absolute Gasteiger partial charge is 0.433 e. The summed E-state index contributed by atoms with van der Waals surface area (Å²) in [6.07, 6.45) is 6.09. The van der Waals surface area contributed by atoms with Crippen molar-refractivity contribution in [3.63, 3.8) is 0 Å². The summed E-state index contributed by atoms with van der Waals surface area (Å²) in [5, 5.41) is 14.3. The molecule has 154 valence electrons. The third-order valence-electron chi connectivity index (χ3n) is 4.60. The number of amides is 1. The van der Waals surface area contributed by atoms with Crippen molar-refractivity contribution in [2.24, 2.45) is 5.10 Å². The number of nitrogens with zero attached hydrogens (tertiary/aromatic N) is 3. The first kappa shape index (κ1) is 20.5. The number of hydrogen-bond donors (Lipinski definition) is 1. The van der Waals surface area contributed by atoms with Gasteiger partial charge >= 0.3 is 5.88 Å². The van der Waals surface area contributed by atoms with Crippen LogP contribution < -0.4 is 10.2 Å². The molecule has 29 heavy (non-hydrogen) atoms. The zero-order valence-electron chi connectivity index (χ0n) is 16.1. The van der Waals surface area contributed by atoms with E-state index in [2.05, 4.69) is 15.4 Å². The minimum atomic E-state index is -0.646. The van der Waals surface area contributed by atoms with Gasteiger partial charge in [-0.25, -0.2) is 5.43 Å². The number of hydrogen-bond acceptors (Lipinski definition) is 7. The Morgan fingerprint density at radius 1 is 1.21 bits per heavy atom. The van der Waals surface area contributed by atoms with Crippen LogP contribution in [0.25, 0.3) is 0 Å². The van der Waals surface area contributed by atoms with Crippen molar-refractivity contribution in [1.29, 1.82) is 0 Å². The average Bonchev–Trinajstić information content (AvgIpc) is 3.22. The van der Waals surface area contributed by atoms with E-state index in [0.717, 1.165) is 13.0 Å². The molecule has 2 aromatic rings. The predicted molar refractivity (Wildman–Crippen MR) is 107 cm³/mol. The van der Waals surface area contributed by atoms with Crippen LogP contribution >= 0.6 is 0 Å². The number of carbonyl (C=O) groups is 1. The van der Waals surface area contributed by atoms with Gasteiger partial charge in [0.15, 0.2) is 5.76 Å². The summed E-state index contributed by atoms with van der Waals surface area (Å²) in [5.41, 5.74) is 2.77. The van der Waals surface area contributed by atoms with Crippen LogP contribution in [0.5, 0.6) is 5.75 Å². The molecule has 1 aromatic carbocycles. The van der Waals surface area contributed by atoms with Crippen molar-refractivity contribution in [3.05, 3.63) is 57.8 Å². The summed E-state index contributed by atoms with van der Waals surface area (Å²) < 4.78 is 10.7. The highest BCUT2D eigenvalue weighted by Crippen LogP contribution is 2.15. The number of piperidine rings is 1. The summed E-state index contributed by atoms with van der Waals surface area (Å²) in [7, 11) is 0. The zero-order chi connectivity index (χ0) is 20.5. The molecule has 1 aromatic heterocycles. The highest BCUT2D eigenvalue weighted by atomic mass is 16.6. The predicted octanol–water partition coefficient (Wildman–Crippen LogP) is 3.21. The second kappa shape index (κ2) is 10.4. The molecule has 9 heteroatoms. The Kier molecular flexibility index (Phi) is 7.34. The quantitative estimate of drug-likeness (QED) is 0.299. The fourth-order valence-corrected chi connectivity index (χ4v) is 3.09. The van der Waals surface area contributed by atoms with E-state index in [4.69, 9.17) is 9.15 Å². The van der Waals surface area contributed by atoms with Gasteiger partial charge in [-0.3, -0.25) is 14.9 Å². The van der Waals surface area contributed by atoms with E-state index >= 15 is 0 Å². The molecule has 3 rings (SSSR count). The molecule has 1 saturated heterocycles. The number of hydrazone groups is 1. The number of benzene rings is 1. The van der Waals surface area contributed by atoms with Gasteiger partial charge in [0.1, 0.15) is 10.7 Å². The maximum atomic E-state index is 12.1. The number of nitrogens with one attached hydrogen (secondary N) is 1. The van der Waals surface area contributed by atoms with E-state index in [-0.39, 0.29) is 11.6 Å². The van der Waals surface area contributed by atoms with Gasteiger partial charge in [0.25, 0.3) is 5.91 Å². The van der Waals surface area contributed by atoms with Gasteiger partial charge in [-0.05, 0) is 62.7 Å². The molecule has 0 saturated carbocycles. The van der Waals surface area contributed by atoms with Crippen LogP contribution in [0.4, 0.5) is 5.88 Å². The molecular formula is C20H24N4O5. The molecule has 0 spiro atoms. The number of ether oxygens (including phenoxy) is 1. The van der Waals surface area contributed by atoms with E-state index in [1.54, 1.807) is 24.3 Å². The van der Waals surface area contributed by atoms with Crippen molar-refractivity contribution >= 4 is 18.0 Å². The topological polar surface area (TPSA) is 110 Å². The Morgan fingerprint density at radius 3 is 2.66 bits per heavy atom. The summed E-state index contributed by atoms with van der Waals surface area (Å²) in [6, 6.07) is 9.41. The Balaban J connectivity index is 1.39. The molecule has 0 radical (unpaired) electrons. The van der Waals surface area contributed by atoms with E-state index in [9.17, 15) is 14.9 Å². The average molecular weight is 400 g/mol. The van der Waals surface area contributed by atoms with Gasteiger partial charge in [-0.1, -0.05) is 6.42 Å². The summed E-state index contributed by atoms with van der Waals surface area (Å²) >= 11 is 0. The Bertz CT molecular complexity index is 841. The highest BCUT2D eigenvalue weighted by molar-refractivity contribution is 5.94. The van der Waals surface area contributed by atoms with E-state index in [1.165, 1.54) is 50.7 Å². The summed E-state index contributed by atoms with van der Waals surface area (Å²) in [6.45, 7) is 4.06. The molecule has 0 atom stereocenters. The van der Waals surface area contributed by atoms with E-state index in [0.29, 0.717) is 17.9 Å². The lowest BCUT2D eigenvalue weighted by Gasteiger charge is -2.26. The van der Waals surface area contributed by atoms with E-state index in [1.807, 2.05) is 0 Å². The Morgan fingerprint density at radius 2 is 1.97 bits per heavy atom. The van der Waals surface area contributed by atoms with Gasteiger partial charge in [-0.15, -0.1) is 0 Å². The van der Waals surface area contributed by atoms with Crippen molar-refractivity contribution in [2.45, 2.75) is 25.7 Å². The first-order chi connectivity index (χ1) is 14.1. The third-order valence-corrected chi connectivity index (χ3v) is 4.60. The monoisotopic (exact) mass is 400 g/mol.